The molecule has 0 saturated carbocycles. The molecule has 1 heterocycles. The van der Waals surface area contributed by atoms with Crippen LogP contribution >= 0.6 is 11.3 Å². The van der Waals surface area contributed by atoms with Gasteiger partial charge in [0.2, 0.25) is 0 Å². The molecule has 0 aromatic carbocycles. The number of aromatic carboxylic acids is 1. The first-order chi connectivity index (χ1) is 6.20. The number of carboxylic acids is 1. The minimum atomic E-state index is -0.890. The van der Waals surface area contributed by atoms with Gasteiger partial charge in [-0.1, -0.05) is 0 Å². The number of carbonyl (C=O) groups is 1. The Bertz CT molecular complexity index is 431. The van der Waals surface area contributed by atoms with Crippen molar-refractivity contribution in [3.63, 3.8) is 0 Å². The fourth-order valence-corrected chi connectivity index (χ4v) is 2.05. The van der Waals surface area contributed by atoms with Crippen LogP contribution in [-0.2, 0) is 0 Å². The van der Waals surface area contributed by atoms with Gasteiger partial charge in [0.1, 0.15) is 0 Å². The Morgan fingerprint density at radius 3 is 2.92 bits per heavy atom. The molecule has 0 amide bonds. The summed E-state index contributed by atoms with van der Waals surface area (Å²) in [5.41, 5.74) is 2.83. The van der Waals surface area contributed by atoms with Gasteiger partial charge in [-0.25, -0.2) is 4.79 Å². The number of carboxylic acid groups (broad SMARTS) is 1. The van der Waals surface area contributed by atoms with Gasteiger partial charge in [-0.05, 0) is 40.9 Å². The van der Waals surface area contributed by atoms with Crippen LogP contribution < -0.4 is 0 Å². The van der Waals surface area contributed by atoms with Crippen LogP contribution in [0.25, 0.3) is 11.1 Å². The summed E-state index contributed by atoms with van der Waals surface area (Å²) in [7, 11) is 0. The van der Waals surface area contributed by atoms with Gasteiger partial charge >= 0.3 is 5.97 Å². The molecule has 0 spiro atoms. The van der Waals surface area contributed by atoms with Crippen molar-refractivity contribution in [2.75, 3.05) is 0 Å². The molecule has 2 rings (SSSR count). The summed E-state index contributed by atoms with van der Waals surface area (Å²) in [6.45, 7) is 3.79. The second kappa shape index (κ2) is 2.85. The van der Waals surface area contributed by atoms with Gasteiger partial charge in [-0.3, -0.25) is 0 Å². The molecule has 0 unspecified atom stereocenters. The third kappa shape index (κ3) is 1.21. The molecule has 0 saturated heterocycles. The van der Waals surface area contributed by atoms with Crippen molar-refractivity contribution in [3.8, 4) is 11.1 Å². The van der Waals surface area contributed by atoms with Gasteiger partial charge in [0, 0.05) is 5.56 Å². The standard InChI is InChI=1S/C10H7O2S/c1-6-4-8(10(11)12)9-5-13-3-2-7(6)9/h2-5H,1H2,(H,11,12). The number of rotatable bonds is 1. The molecule has 0 atom stereocenters. The zero-order valence-electron chi connectivity index (χ0n) is 6.78. The molecule has 1 aliphatic heterocycles. The molecule has 1 radical (unpaired) electrons. The molecule has 13 heavy (non-hydrogen) atoms. The summed E-state index contributed by atoms with van der Waals surface area (Å²) >= 11 is 1.49. The number of hydrogen-bond acceptors (Lipinski definition) is 2. The van der Waals surface area contributed by atoms with Gasteiger partial charge in [0.15, 0.2) is 0 Å². The Hall–Kier alpha value is -1.35. The predicted octanol–water partition coefficient (Wildman–Crippen LogP) is 2.73. The van der Waals surface area contributed by atoms with Crippen LogP contribution in [0.1, 0.15) is 15.9 Å². The van der Waals surface area contributed by atoms with E-state index < -0.39 is 5.97 Å². The first kappa shape index (κ1) is 8.26. The Balaban J connectivity index is 2.74. The molecule has 65 valence electrons. The fourth-order valence-electron chi connectivity index (χ4n) is 1.36. The SMILES string of the molecule is [CH2]c1cc(C(=O)O)c2csccc1-2. The van der Waals surface area contributed by atoms with Gasteiger partial charge in [-0.15, -0.1) is 0 Å². The van der Waals surface area contributed by atoms with E-state index in [-0.39, 0.29) is 0 Å². The lowest BCUT2D eigenvalue weighted by Gasteiger charge is -1.98. The van der Waals surface area contributed by atoms with Crippen molar-refractivity contribution < 1.29 is 9.90 Å². The monoisotopic (exact) mass is 191 g/mol. The molecule has 3 heteroatoms. The van der Waals surface area contributed by atoms with Gasteiger partial charge in [0.05, 0.1) is 5.56 Å². The van der Waals surface area contributed by atoms with Crippen molar-refractivity contribution in [1.82, 2.24) is 0 Å². The molecule has 2 nitrogen and oxygen atoms in total. The van der Waals surface area contributed by atoms with E-state index >= 15 is 0 Å². The Kier molecular flexibility index (Phi) is 1.81. The van der Waals surface area contributed by atoms with Crippen molar-refractivity contribution >= 4 is 17.3 Å². The second-order valence-electron chi connectivity index (χ2n) is 2.77. The highest BCUT2D eigenvalue weighted by molar-refractivity contribution is 7.08. The van der Waals surface area contributed by atoms with E-state index in [0.29, 0.717) is 5.56 Å². The molecule has 0 bridgehead atoms. The quantitative estimate of drug-likeness (QED) is 0.752. The number of fused-ring (bicyclic) bond motifs is 1. The summed E-state index contributed by atoms with van der Waals surface area (Å²) in [4.78, 5) is 10.8. The van der Waals surface area contributed by atoms with Crippen LogP contribution in [0.3, 0.4) is 0 Å². The zero-order valence-corrected chi connectivity index (χ0v) is 7.60. The minimum absolute atomic E-state index is 0.344. The van der Waals surface area contributed by atoms with E-state index in [1.807, 2.05) is 16.8 Å². The highest BCUT2D eigenvalue weighted by Gasteiger charge is 2.17. The molecule has 2 aliphatic rings. The Morgan fingerprint density at radius 2 is 2.23 bits per heavy atom. The fraction of sp³-hybridized carbons (Fsp3) is 0. The van der Waals surface area contributed by atoms with Crippen LogP contribution in [0.15, 0.2) is 22.9 Å². The predicted molar refractivity (Wildman–Crippen MR) is 52.4 cm³/mol. The molecular formula is C10H7O2S. The topological polar surface area (TPSA) is 37.3 Å². The number of hydrogen-bond donors (Lipinski definition) is 1. The average Bonchev–Trinajstić information content (AvgIpc) is 2.45. The lowest BCUT2D eigenvalue weighted by Crippen LogP contribution is -1.94. The van der Waals surface area contributed by atoms with E-state index in [2.05, 4.69) is 6.92 Å². The summed E-state index contributed by atoms with van der Waals surface area (Å²) < 4.78 is 0. The molecule has 1 aliphatic carbocycles. The first-order valence-electron chi connectivity index (χ1n) is 3.74. The summed E-state index contributed by atoms with van der Waals surface area (Å²) in [6.07, 6.45) is 0. The van der Waals surface area contributed by atoms with Crippen molar-refractivity contribution in [2.24, 2.45) is 0 Å². The van der Waals surface area contributed by atoms with Gasteiger partial charge < -0.3 is 5.11 Å². The molecule has 1 N–H and O–H groups in total. The highest BCUT2D eigenvalue weighted by Crippen LogP contribution is 2.32. The van der Waals surface area contributed by atoms with E-state index in [9.17, 15) is 4.79 Å². The lowest BCUT2D eigenvalue weighted by atomic mass is 10.1. The largest absolute Gasteiger partial charge is 0.478 e. The summed E-state index contributed by atoms with van der Waals surface area (Å²) in [5, 5.41) is 12.6. The third-order valence-electron chi connectivity index (χ3n) is 1.97. The maximum Gasteiger partial charge on any atom is 0.336 e. The maximum atomic E-state index is 10.8. The van der Waals surface area contributed by atoms with Crippen LogP contribution in [0.5, 0.6) is 0 Å². The summed E-state index contributed by atoms with van der Waals surface area (Å²) in [5.74, 6) is -0.890. The first-order valence-corrected chi connectivity index (χ1v) is 4.68. The Labute approximate surface area is 79.8 Å². The van der Waals surface area contributed by atoms with Gasteiger partial charge in [-0.2, -0.15) is 11.3 Å². The normalized spacial score (nSPS) is 10.5. The molecular weight excluding hydrogens is 184 g/mol. The molecule has 0 fully saturated rings. The van der Waals surface area contributed by atoms with Gasteiger partial charge in [0.25, 0.3) is 0 Å². The minimum Gasteiger partial charge on any atom is -0.478 e. The van der Waals surface area contributed by atoms with Crippen LogP contribution in [0.4, 0.5) is 0 Å². The van der Waals surface area contributed by atoms with Crippen LogP contribution in [0, 0.1) is 6.92 Å². The van der Waals surface area contributed by atoms with E-state index in [0.717, 1.165) is 16.7 Å². The highest BCUT2D eigenvalue weighted by atomic mass is 32.1. The van der Waals surface area contributed by atoms with E-state index in [1.165, 1.54) is 11.3 Å². The Morgan fingerprint density at radius 1 is 1.46 bits per heavy atom. The van der Waals surface area contributed by atoms with Crippen molar-refractivity contribution in [1.29, 1.82) is 0 Å². The van der Waals surface area contributed by atoms with Crippen molar-refractivity contribution in [3.05, 3.63) is 40.9 Å². The second-order valence-corrected chi connectivity index (χ2v) is 3.55. The molecule has 0 aromatic heterocycles. The molecule has 0 aromatic rings. The van der Waals surface area contributed by atoms with Crippen LogP contribution in [-0.4, -0.2) is 11.1 Å². The zero-order chi connectivity index (χ0) is 9.42. The summed E-state index contributed by atoms with van der Waals surface area (Å²) in [6, 6.07) is 3.51. The van der Waals surface area contributed by atoms with E-state index in [1.54, 1.807) is 6.07 Å². The van der Waals surface area contributed by atoms with Crippen molar-refractivity contribution in [2.45, 2.75) is 0 Å². The average molecular weight is 191 g/mol. The lowest BCUT2D eigenvalue weighted by molar-refractivity contribution is 0.0698. The smallest absolute Gasteiger partial charge is 0.336 e. The van der Waals surface area contributed by atoms with E-state index in [4.69, 9.17) is 5.11 Å². The maximum absolute atomic E-state index is 10.8. The van der Waals surface area contributed by atoms with Crippen LogP contribution in [0.2, 0.25) is 0 Å². The third-order valence-corrected chi connectivity index (χ3v) is 2.64.